The van der Waals surface area contributed by atoms with Crippen LogP contribution in [0.25, 0.3) is 0 Å². The van der Waals surface area contributed by atoms with Crippen LogP contribution in [0, 0.1) is 0 Å². The normalized spacial score (nSPS) is 11.8. The van der Waals surface area contributed by atoms with Crippen molar-refractivity contribution in [2.45, 2.75) is 13.0 Å². The van der Waals surface area contributed by atoms with Gasteiger partial charge in [0, 0.05) is 12.7 Å². The summed E-state index contributed by atoms with van der Waals surface area (Å²) in [5.74, 6) is -0.519. The smallest absolute Gasteiger partial charge is 0.247 e. The Hall–Kier alpha value is -0.910. The van der Waals surface area contributed by atoms with Crippen LogP contribution in [0.2, 0.25) is 10.0 Å². The summed E-state index contributed by atoms with van der Waals surface area (Å²) >= 11 is 15.8. The Balaban J connectivity index is 2.80. The number of thiol groups is 1. The Morgan fingerprint density at radius 1 is 1.39 bits per heavy atom. The molecule has 1 unspecified atom stereocenters. The second-order valence-electron chi connectivity index (χ2n) is 3.53. The van der Waals surface area contributed by atoms with Gasteiger partial charge in [0.15, 0.2) is 0 Å². The number of carbonyl (C=O) groups is 2. The van der Waals surface area contributed by atoms with Gasteiger partial charge in [0.1, 0.15) is 6.04 Å². The minimum Gasteiger partial charge on any atom is -0.344 e. The number of rotatable bonds is 4. The number of anilines is 1. The number of nitrogens with one attached hydrogen (secondary N) is 2. The molecule has 7 heteroatoms. The highest BCUT2D eigenvalue weighted by molar-refractivity contribution is 7.80. The van der Waals surface area contributed by atoms with Gasteiger partial charge in [-0.3, -0.25) is 9.59 Å². The lowest BCUT2D eigenvalue weighted by Gasteiger charge is -2.16. The van der Waals surface area contributed by atoms with Crippen LogP contribution in [0.5, 0.6) is 0 Å². The third-order valence-electron chi connectivity index (χ3n) is 2.09. The zero-order valence-corrected chi connectivity index (χ0v) is 11.9. The molecule has 0 saturated carbocycles. The predicted molar refractivity (Wildman–Crippen MR) is 76.5 cm³/mol. The fourth-order valence-electron chi connectivity index (χ4n) is 1.26. The minimum absolute atomic E-state index is 0.184. The third-order valence-corrected chi connectivity index (χ3v) is 3.27. The zero-order chi connectivity index (χ0) is 13.7. The molecule has 0 fully saturated rings. The lowest BCUT2D eigenvalue weighted by atomic mass is 10.2. The molecule has 2 amide bonds. The van der Waals surface area contributed by atoms with Gasteiger partial charge in [-0.05, 0) is 12.1 Å². The van der Waals surface area contributed by atoms with Crippen molar-refractivity contribution >= 4 is 53.3 Å². The predicted octanol–water partition coefficient (Wildman–Crippen LogP) is 2.37. The maximum absolute atomic E-state index is 11.9. The van der Waals surface area contributed by atoms with Crippen molar-refractivity contribution in [2.75, 3.05) is 11.1 Å². The van der Waals surface area contributed by atoms with Gasteiger partial charge in [-0.1, -0.05) is 29.3 Å². The highest BCUT2D eigenvalue weighted by Gasteiger charge is 2.18. The molecule has 0 aliphatic heterocycles. The summed E-state index contributed by atoms with van der Waals surface area (Å²) < 4.78 is 0. The van der Waals surface area contributed by atoms with Crippen LogP contribution < -0.4 is 10.6 Å². The summed E-state index contributed by atoms with van der Waals surface area (Å²) in [7, 11) is 0. The maximum atomic E-state index is 11.9. The summed E-state index contributed by atoms with van der Waals surface area (Å²) in [5, 5.41) is 5.67. The van der Waals surface area contributed by atoms with Gasteiger partial charge < -0.3 is 10.6 Å². The number of amides is 2. The van der Waals surface area contributed by atoms with Crippen molar-refractivity contribution in [3.05, 3.63) is 28.2 Å². The van der Waals surface area contributed by atoms with Gasteiger partial charge in [0.2, 0.25) is 11.8 Å². The van der Waals surface area contributed by atoms with E-state index in [-0.39, 0.29) is 16.7 Å². The molecule has 0 bridgehead atoms. The molecule has 98 valence electrons. The van der Waals surface area contributed by atoms with Gasteiger partial charge in [-0.25, -0.2) is 0 Å². The molecule has 0 radical (unpaired) electrons. The fourth-order valence-corrected chi connectivity index (χ4v) is 1.86. The molecule has 1 rings (SSSR count). The lowest BCUT2D eigenvalue weighted by molar-refractivity contribution is -0.124. The van der Waals surface area contributed by atoms with Gasteiger partial charge in [-0.2, -0.15) is 12.6 Å². The van der Waals surface area contributed by atoms with Crippen molar-refractivity contribution in [2.24, 2.45) is 0 Å². The Morgan fingerprint density at radius 2 is 2.06 bits per heavy atom. The van der Waals surface area contributed by atoms with Gasteiger partial charge >= 0.3 is 0 Å². The summed E-state index contributed by atoms with van der Waals surface area (Å²) in [6.07, 6.45) is 0. The maximum Gasteiger partial charge on any atom is 0.247 e. The summed E-state index contributed by atoms with van der Waals surface area (Å²) in [6.45, 7) is 1.33. The molecule has 0 aromatic heterocycles. The average Bonchev–Trinajstić information content (AvgIpc) is 2.31. The van der Waals surface area contributed by atoms with E-state index < -0.39 is 11.9 Å². The van der Waals surface area contributed by atoms with E-state index in [0.29, 0.717) is 10.7 Å². The van der Waals surface area contributed by atoms with Crippen molar-refractivity contribution in [3.8, 4) is 0 Å². The number of hydrogen-bond donors (Lipinski definition) is 3. The molecular formula is C11H12Cl2N2O2S. The van der Waals surface area contributed by atoms with Crippen LogP contribution in [0.3, 0.4) is 0 Å². The highest BCUT2D eigenvalue weighted by atomic mass is 35.5. The van der Waals surface area contributed by atoms with Gasteiger partial charge in [0.25, 0.3) is 0 Å². The molecule has 18 heavy (non-hydrogen) atoms. The minimum atomic E-state index is -0.721. The molecule has 2 N–H and O–H groups in total. The summed E-state index contributed by atoms with van der Waals surface area (Å²) in [6, 6.07) is 4.18. The monoisotopic (exact) mass is 306 g/mol. The van der Waals surface area contributed by atoms with Crippen LogP contribution in [-0.2, 0) is 9.59 Å². The molecule has 0 aliphatic rings. The van der Waals surface area contributed by atoms with Crippen LogP contribution in [0.15, 0.2) is 18.2 Å². The first-order valence-corrected chi connectivity index (χ1v) is 6.47. The number of halogens is 2. The van der Waals surface area contributed by atoms with E-state index in [1.807, 2.05) is 0 Å². The van der Waals surface area contributed by atoms with Crippen molar-refractivity contribution in [3.63, 3.8) is 0 Å². The number of carbonyl (C=O) groups excluding carboxylic acids is 2. The standard InChI is InChI=1S/C11H12Cl2N2O2S/c1-6(16)14-9(5-18)11(17)15-8-4-2-3-7(12)10(8)13/h2-4,9,18H,5H2,1H3,(H,14,16)(H,15,17). The van der Waals surface area contributed by atoms with Crippen molar-refractivity contribution in [1.29, 1.82) is 0 Å². The molecule has 0 spiro atoms. The van der Waals surface area contributed by atoms with E-state index in [1.54, 1.807) is 18.2 Å². The van der Waals surface area contributed by atoms with Gasteiger partial charge in [-0.15, -0.1) is 0 Å². The first-order chi connectivity index (χ1) is 8.45. The van der Waals surface area contributed by atoms with E-state index >= 15 is 0 Å². The van der Waals surface area contributed by atoms with Crippen LogP contribution >= 0.6 is 35.8 Å². The SMILES string of the molecule is CC(=O)NC(CS)C(=O)Nc1cccc(Cl)c1Cl. The van der Waals surface area contributed by atoms with Crippen molar-refractivity contribution < 1.29 is 9.59 Å². The molecular weight excluding hydrogens is 295 g/mol. The fraction of sp³-hybridized carbons (Fsp3) is 0.273. The molecule has 0 heterocycles. The second kappa shape index (κ2) is 6.87. The highest BCUT2D eigenvalue weighted by Crippen LogP contribution is 2.29. The van der Waals surface area contributed by atoms with E-state index in [2.05, 4.69) is 23.3 Å². The zero-order valence-electron chi connectivity index (χ0n) is 9.54. The first-order valence-electron chi connectivity index (χ1n) is 5.08. The molecule has 1 aromatic rings. The molecule has 1 atom stereocenters. The number of hydrogen-bond acceptors (Lipinski definition) is 3. The Bertz CT molecular complexity index is 468. The Kier molecular flexibility index (Phi) is 5.78. The largest absolute Gasteiger partial charge is 0.344 e. The molecule has 4 nitrogen and oxygen atoms in total. The third kappa shape index (κ3) is 4.08. The van der Waals surface area contributed by atoms with E-state index in [4.69, 9.17) is 23.2 Å². The van der Waals surface area contributed by atoms with E-state index in [1.165, 1.54) is 6.92 Å². The lowest BCUT2D eigenvalue weighted by Crippen LogP contribution is -2.44. The molecule has 0 aliphatic carbocycles. The van der Waals surface area contributed by atoms with Crippen LogP contribution in [0.4, 0.5) is 5.69 Å². The van der Waals surface area contributed by atoms with E-state index in [0.717, 1.165) is 0 Å². The summed E-state index contributed by atoms with van der Waals surface area (Å²) in [4.78, 5) is 22.8. The summed E-state index contributed by atoms with van der Waals surface area (Å²) in [5.41, 5.74) is 0.395. The number of benzene rings is 1. The second-order valence-corrected chi connectivity index (χ2v) is 4.68. The topological polar surface area (TPSA) is 58.2 Å². The molecule has 1 aromatic carbocycles. The van der Waals surface area contributed by atoms with Crippen LogP contribution in [0.1, 0.15) is 6.92 Å². The Labute approximate surface area is 120 Å². The van der Waals surface area contributed by atoms with Crippen molar-refractivity contribution in [1.82, 2.24) is 5.32 Å². The van der Waals surface area contributed by atoms with Crippen LogP contribution in [-0.4, -0.2) is 23.6 Å². The first kappa shape index (κ1) is 15.1. The van der Waals surface area contributed by atoms with Gasteiger partial charge in [0.05, 0.1) is 15.7 Å². The Morgan fingerprint density at radius 3 is 2.61 bits per heavy atom. The molecule has 0 saturated heterocycles. The average molecular weight is 307 g/mol. The quantitative estimate of drug-likeness (QED) is 0.748. The van der Waals surface area contributed by atoms with E-state index in [9.17, 15) is 9.59 Å².